The lowest BCUT2D eigenvalue weighted by Crippen LogP contribution is -2.32. The lowest BCUT2D eigenvalue weighted by Gasteiger charge is -2.08. The fourth-order valence-electron chi connectivity index (χ4n) is 1.81. The monoisotopic (exact) mass is 329 g/mol. The number of rotatable bonds is 3. The van der Waals surface area contributed by atoms with Gasteiger partial charge in [0.2, 0.25) is 0 Å². The number of carbonyl (C=O) groups is 2. The van der Waals surface area contributed by atoms with Crippen molar-refractivity contribution in [3.8, 4) is 0 Å². The summed E-state index contributed by atoms with van der Waals surface area (Å²) >= 11 is 5.77. The highest BCUT2D eigenvalue weighted by Gasteiger charge is 2.13. The Morgan fingerprint density at radius 3 is 2.43 bits per heavy atom. The summed E-state index contributed by atoms with van der Waals surface area (Å²) in [5.41, 5.74) is 5.41. The number of nitrogens with zero attached hydrogens (tertiary/aromatic N) is 1. The fourth-order valence-corrected chi connectivity index (χ4v) is 1.94. The first-order valence-corrected chi connectivity index (χ1v) is 7.31. The van der Waals surface area contributed by atoms with E-state index in [9.17, 15) is 9.59 Å². The van der Waals surface area contributed by atoms with E-state index < -0.39 is 11.8 Å². The molecule has 118 valence electrons. The molecule has 2 rings (SSSR count). The molecule has 0 unspecified atom stereocenters. The minimum absolute atomic E-state index is 0.604. The van der Waals surface area contributed by atoms with Crippen molar-refractivity contribution in [3.63, 3.8) is 0 Å². The summed E-state index contributed by atoms with van der Waals surface area (Å²) in [4.78, 5) is 23.6. The maximum atomic E-state index is 11.8. The van der Waals surface area contributed by atoms with Crippen molar-refractivity contribution in [3.05, 3.63) is 64.2 Å². The summed E-state index contributed by atoms with van der Waals surface area (Å²) in [7, 11) is 0. The number of aryl methyl sites for hydroxylation is 2. The predicted octanol–water partition coefficient (Wildman–Crippen LogP) is 3.05. The highest BCUT2D eigenvalue weighted by atomic mass is 35.5. The quantitative estimate of drug-likeness (QED) is 0.516. The molecule has 0 saturated heterocycles. The molecule has 5 nitrogen and oxygen atoms in total. The Morgan fingerprint density at radius 2 is 1.74 bits per heavy atom. The molecule has 0 radical (unpaired) electrons. The zero-order valence-corrected chi connectivity index (χ0v) is 13.5. The largest absolute Gasteiger partial charge is 0.329 e. The molecule has 0 saturated carbocycles. The van der Waals surface area contributed by atoms with Gasteiger partial charge in [0.05, 0.1) is 6.21 Å². The first-order valence-electron chi connectivity index (χ1n) is 6.93. The van der Waals surface area contributed by atoms with Gasteiger partial charge in [-0.05, 0) is 48.7 Å². The van der Waals surface area contributed by atoms with Gasteiger partial charge in [-0.3, -0.25) is 9.59 Å². The van der Waals surface area contributed by atoms with Gasteiger partial charge in [-0.2, -0.15) is 5.10 Å². The Kier molecular flexibility index (Phi) is 5.49. The third-order valence-corrected chi connectivity index (χ3v) is 3.35. The zero-order valence-electron chi connectivity index (χ0n) is 12.8. The Hall–Kier alpha value is -2.66. The molecule has 2 aromatic carbocycles. The van der Waals surface area contributed by atoms with Crippen LogP contribution in [0.5, 0.6) is 0 Å². The smallest absolute Gasteiger partial charge is 0.317 e. The second kappa shape index (κ2) is 7.56. The molecule has 0 bridgehead atoms. The van der Waals surface area contributed by atoms with Crippen LogP contribution in [-0.2, 0) is 9.59 Å². The molecule has 2 amide bonds. The maximum Gasteiger partial charge on any atom is 0.329 e. The summed E-state index contributed by atoms with van der Waals surface area (Å²) in [6, 6.07) is 12.5. The van der Waals surface area contributed by atoms with Crippen LogP contribution in [0.1, 0.15) is 16.7 Å². The van der Waals surface area contributed by atoms with Gasteiger partial charge in [0.25, 0.3) is 0 Å². The number of hydrogen-bond acceptors (Lipinski definition) is 3. The van der Waals surface area contributed by atoms with E-state index in [0.29, 0.717) is 10.7 Å². The van der Waals surface area contributed by atoms with E-state index >= 15 is 0 Å². The van der Waals surface area contributed by atoms with Crippen LogP contribution < -0.4 is 10.7 Å². The molecule has 0 aliphatic rings. The molecule has 2 N–H and O–H groups in total. The van der Waals surface area contributed by atoms with Gasteiger partial charge in [-0.25, -0.2) is 5.43 Å². The lowest BCUT2D eigenvalue weighted by atomic mass is 10.1. The molecule has 6 heteroatoms. The van der Waals surface area contributed by atoms with Gasteiger partial charge in [0.15, 0.2) is 0 Å². The second-order valence-electron chi connectivity index (χ2n) is 5.02. The van der Waals surface area contributed by atoms with Gasteiger partial charge in [-0.15, -0.1) is 0 Å². The number of hydrazone groups is 1. The molecule has 0 aliphatic carbocycles. The maximum absolute atomic E-state index is 11.8. The molecule has 2 aromatic rings. The average molecular weight is 330 g/mol. The molecule has 0 fully saturated rings. The lowest BCUT2D eigenvalue weighted by molar-refractivity contribution is -0.136. The molecule has 0 heterocycles. The minimum Gasteiger partial charge on any atom is -0.317 e. The molecule has 0 aliphatic heterocycles. The van der Waals surface area contributed by atoms with Crippen LogP contribution in [0.15, 0.2) is 47.6 Å². The van der Waals surface area contributed by atoms with E-state index in [1.54, 1.807) is 30.3 Å². The first-order chi connectivity index (χ1) is 11.0. The second-order valence-corrected chi connectivity index (χ2v) is 5.46. The summed E-state index contributed by atoms with van der Waals surface area (Å²) in [6.07, 6.45) is 1.43. The van der Waals surface area contributed by atoms with Crippen LogP contribution in [0.4, 0.5) is 5.69 Å². The highest BCUT2D eigenvalue weighted by Crippen LogP contribution is 2.16. The van der Waals surface area contributed by atoms with Crippen molar-refractivity contribution in [1.29, 1.82) is 0 Å². The van der Waals surface area contributed by atoms with Crippen LogP contribution in [0.2, 0.25) is 5.02 Å². The van der Waals surface area contributed by atoms with E-state index in [4.69, 9.17) is 11.6 Å². The van der Waals surface area contributed by atoms with Crippen LogP contribution in [0.3, 0.4) is 0 Å². The summed E-state index contributed by atoms with van der Waals surface area (Å²) in [5, 5.41) is 6.92. The van der Waals surface area contributed by atoms with Crippen molar-refractivity contribution in [2.24, 2.45) is 5.10 Å². The summed E-state index contributed by atoms with van der Waals surface area (Å²) < 4.78 is 0. The molecule has 0 atom stereocenters. The van der Waals surface area contributed by atoms with Gasteiger partial charge >= 0.3 is 11.8 Å². The van der Waals surface area contributed by atoms with E-state index in [1.165, 1.54) is 6.21 Å². The predicted molar refractivity (Wildman–Crippen MR) is 91.7 cm³/mol. The van der Waals surface area contributed by atoms with Crippen LogP contribution >= 0.6 is 11.6 Å². The molecule has 23 heavy (non-hydrogen) atoms. The topological polar surface area (TPSA) is 70.6 Å². The normalized spacial score (nSPS) is 10.6. The summed E-state index contributed by atoms with van der Waals surface area (Å²) in [6.45, 7) is 3.76. The first kappa shape index (κ1) is 16.7. The third kappa shape index (κ3) is 4.93. The number of nitrogens with one attached hydrogen (secondary N) is 2. The zero-order chi connectivity index (χ0) is 16.8. The highest BCUT2D eigenvalue weighted by molar-refractivity contribution is 6.39. The van der Waals surface area contributed by atoms with E-state index in [2.05, 4.69) is 15.8 Å². The van der Waals surface area contributed by atoms with Gasteiger partial charge in [-0.1, -0.05) is 35.9 Å². The van der Waals surface area contributed by atoms with E-state index in [-0.39, 0.29) is 0 Å². The van der Waals surface area contributed by atoms with Crippen LogP contribution in [0.25, 0.3) is 0 Å². The average Bonchev–Trinajstić information content (AvgIpc) is 2.52. The Balaban J connectivity index is 1.93. The van der Waals surface area contributed by atoms with Crippen LogP contribution in [0, 0.1) is 13.8 Å². The van der Waals surface area contributed by atoms with Crippen molar-refractivity contribution in [1.82, 2.24) is 5.43 Å². The van der Waals surface area contributed by atoms with Crippen molar-refractivity contribution >= 4 is 35.3 Å². The number of benzene rings is 2. The van der Waals surface area contributed by atoms with Crippen LogP contribution in [-0.4, -0.2) is 18.0 Å². The Morgan fingerprint density at radius 1 is 1.04 bits per heavy atom. The number of anilines is 1. The van der Waals surface area contributed by atoms with Crippen molar-refractivity contribution in [2.45, 2.75) is 13.8 Å². The number of hydrogen-bond donors (Lipinski definition) is 2. The standard InChI is InChI=1S/C17H16ClN3O2/c1-11-3-4-12(2)15(9-11)20-16(22)17(23)21-19-10-13-5-7-14(18)8-6-13/h3-10H,1-2H3,(H,20,22)(H,21,23). The van der Waals surface area contributed by atoms with Gasteiger partial charge in [0.1, 0.15) is 0 Å². The van der Waals surface area contributed by atoms with Crippen molar-refractivity contribution in [2.75, 3.05) is 5.32 Å². The number of halogens is 1. The van der Waals surface area contributed by atoms with Gasteiger partial charge < -0.3 is 5.32 Å². The number of carbonyl (C=O) groups excluding carboxylic acids is 2. The minimum atomic E-state index is -0.837. The molecule has 0 aromatic heterocycles. The van der Waals surface area contributed by atoms with Gasteiger partial charge in [0, 0.05) is 10.7 Å². The fraction of sp³-hybridized carbons (Fsp3) is 0.118. The Labute approximate surface area is 139 Å². The van der Waals surface area contributed by atoms with E-state index in [1.807, 2.05) is 26.0 Å². The van der Waals surface area contributed by atoms with Crippen molar-refractivity contribution < 1.29 is 9.59 Å². The Bertz CT molecular complexity index is 755. The molecular formula is C17H16ClN3O2. The third-order valence-electron chi connectivity index (χ3n) is 3.10. The summed E-state index contributed by atoms with van der Waals surface area (Å²) in [5.74, 6) is -1.61. The molecular weight excluding hydrogens is 314 g/mol. The number of amides is 2. The van der Waals surface area contributed by atoms with E-state index in [0.717, 1.165) is 16.7 Å². The SMILES string of the molecule is Cc1ccc(C)c(NC(=O)C(=O)NN=Cc2ccc(Cl)cc2)c1. The molecule has 0 spiro atoms.